The van der Waals surface area contributed by atoms with E-state index in [1.54, 1.807) is 6.33 Å². The minimum atomic E-state index is 0.463. The van der Waals surface area contributed by atoms with Gasteiger partial charge in [0.1, 0.15) is 12.2 Å². The minimum Gasteiger partial charge on any atom is -0.314 e. The molecular formula is C15H28N4. The van der Waals surface area contributed by atoms with Crippen LogP contribution in [0.15, 0.2) is 6.33 Å². The highest BCUT2D eigenvalue weighted by Gasteiger charge is 2.37. The van der Waals surface area contributed by atoms with Crippen molar-refractivity contribution in [2.24, 2.45) is 10.8 Å². The first-order valence-electron chi connectivity index (χ1n) is 7.44. The fraction of sp³-hybridized carbons (Fsp3) is 0.867. The molecule has 0 atom stereocenters. The Balaban J connectivity index is 1.73. The first-order chi connectivity index (χ1) is 8.86. The summed E-state index contributed by atoms with van der Waals surface area (Å²) in [5.74, 6) is 0.992. The summed E-state index contributed by atoms with van der Waals surface area (Å²) in [7, 11) is 0. The van der Waals surface area contributed by atoms with Crippen LogP contribution in [0.4, 0.5) is 0 Å². The van der Waals surface area contributed by atoms with Gasteiger partial charge in [0.2, 0.25) is 0 Å². The van der Waals surface area contributed by atoms with E-state index < -0.39 is 0 Å². The lowest BCUT2D eigenvalue weighted by Crippen LogP contribution is -2.44. The predicted octanol–water partition coefficient (Wildman–Crippen LogP) is 2.93. The van der Waals surface area contributed by atoms with Crippen LogP contribution in [-0.2, 0) is 6.42 Å². The van der Waals surface area contributed by atoms with E-state index in [0.29, 0.717) is 16.9 Å². The van der Waals surface area contributed by atoms with Crippen LogP contribution in [-0.4, -0.2) is 27.8 Å². The Labute approximate surface area is 116 Å². The molecule has 0 radical (unpaired) electrons. The second-order valence-electron chi connectivity index (χ2n) is 7.60. The van der Waals surface area contributed by atoms with E-state index in [9.17, 15) is 0 Å². The SMILES string of the molecule is CC1(C)CC(NCCCc2ncn[nH]2)CC(C)(C)C1. The Morgan fingerprint density at radius 1 is 1.26 bits per heavy atom. The molecule has 2 N–H and O–H groups in total. The average Bonchev–Trinajstić information content (AvgIpc) is 2.72. The zero-order valence-corrected chi connectivity index (χ0v) is 12.8. The van der Waals surface area contributed by atoms with Gasteiger partial charge in [0.25, 0.3) is 0 Å². The quantitative estimate of drug-likeness (QED) is 0.804. The standard InChI is InChI=1S/C15H28N4/c1-14(2)8-12(9-15(3,4)10-14)16-7-5-6-13-17-11-18-19-13/h11-12,16H,5-10H2,1-4H3,(H,17,18,19). The van der Waals surface area contributed by atoms with Crippen molar-refractivity contribution in [3.63, 3.8) is 0 Å². The first kappa shape index (κ1) is 14.5. The van der Waals surface area contributed by atoms with Crippen LogP contribution < -0.4 is 5.32 Å². The molecule has 108 valence electrons. The van der Waals surface area contributed by atoms with Crippen LogP contribution in [0, 0.1) is 10.8 Å². The van der Waals surface area contributed by atoms with E-state index in [-0.39, 0.29) is 0 Å². The molecule has 0 unspecified atom stereocenters. The zero-order chi connectivity index (χ0) is 13.9. The largest absolute Gasteiger partial charge is 0.314 e. The third-order valence-electron chi connectivity index (χ3n) is 4.04. The lowest BCUT2D eigenvalue weighted by Gasteiger charge is -2.45. The average molecular weight is 264 g/mol. The summed E-state index contributed by atoms with van der Waals surface area (Å²) < 4.78 is 0. The van der Waals surface area contributed by atoms with Gasteiger partial charge < -0.3 is 5.32 Å². The summed E-state index contributed by atoms with van der Waals surface area (Å²) in [5.41, 5.74) is 0.925. The van der Waals surface area contributed by atoms with Crippen molar-refractivity contribution in [3.8, 4) is 0 Å². The molecule has 4 nitrogen and oxygen atoms in total. The minimum absolute atomic E-state index is 0.463. The number of nitrogens with one attached hydrogen (secondary N) is 2. The van der Waals surface area contributed by atoms with E-state index in [1.807, 2.05) is 0 Å². The van der Waals surface area contributed by atoms with E-state index in [4.69, 9.17) is 0 Å². The summed E-state index contributed by atoms with van der Waals surface area (Å²) in [6.45, 7) is 10.7. The molecule has 0 saturated heterocycles. The molecule has 0 aliphatic heterocycles. The van der Waals surface area contributed by atoms with Gasteiger partial charge in [-0.2, -0.15) is 5.10 Å². The maximum atomic E-state index is 4.15. The van der Waals surface area contributed by atoms with Crippen molar-refractivity contribution >= 4 is 0 Å². The highest BCUT2D eigenvalue weighted by molar-refractivity contribution is 4.92. The van der Waals surface area contributed by atoms with Gasteiger partial charge in [-0.15, -0.1) is 0 Å². The van der Waals surface area contributed by atoms with Crippen molar-refractivity contribution in [2.45, 2.75) is 65.8 Å². The van der Waals surface area contributed by atoms with Crippen LogP contribution in [0.25, 0.3) is 0 Å². The molecule has 1 fully saturated rings. The third-order valence-corrected chi connectivity index (χ3v) is 4.04. The Hall–Kier alpha value is -0.900. The number of hydrogen-bond donors (Lipinski definition) is 2. The first-order valence-corrected chi connectivity index (χ1v) is 7.44. The maximum absolute atomic E-state index is 4.15. The Morgan fingerprint density at radius 3 is 2.53 bits per heavy atom. The molecule has 0 amide bonds. The van der Waals surface area contributed by atoms with E-state index in [2.05, 4.69) is 48.2 Å². The molecule has 1 aliphatic rings. The highest BCUT2D eigenvalue weighted by Crippen LogP contribution is 2.45. The van der Waals surface area contributed by atoms with Crippen molar-refractivity contribution in [2.75, 3.05) is 6.54 Å². The summed E-state index contributed by atoms with van der Waals surface area (Å²) in [6.07, 6.45) is 7.59. The number of aromatic nitrogens is 3. The zero-order valence-electron chi connectivity index (χ0n) is 12.8. The summed E-state index contributed by atoms with van der Waals surface area (Å²) in [5, 5.41) is 10.5. The van der Waals surface area contributed by atoms with Gasteiger partial charge in [-0.25, -0.2) is 4.98 Å². The lowest BCUT2D eigenvalue weighted by atomic mass is 9.63. The highest BCUT2D eigenvalue weighted by atomic mass is 15.2. The Kier molecular flexibility index (Phi) is 4.29. The van der Waals surface area contributed by atoms with Crippen LogP contribution in [0.2, 0.25) is 0 Å². The van der Waals surface area contributed by atoms with Crippen LogP contribution >= 0.6 is 0 Å². The van der Waals surface area contributed by atoms with E-state index in [1.165, 1.54) is 19.3 Å². The molecule has 1 heterocycles. The molecule has 4 heteroatoms. The predicted molar refractivity (Wildman–Crippen MR) is 77.9 cm³/mol. The fourth-order valence-corrected chi connectivity index (χ4v) is 3.90. The Bertz CT molecular complexity index is 365. The molecule has 19 heavy (non-hydrogen) atoms. The van der Waals surface area contributed by atoms with Crippen molar-refractivity contribution in [1.29, 1.82) is 0 Å². The molecule has 1 aromatic rings. The number of aromatic amines is 1. The molecular weight excluding hydrogens is 236 g/mol. The smallest absolute Gasteiger partial charge is 0.137 e. The summed E-state index contributed by atoms with van der Waals surface area (Å²) in [4.78, 5) is 4.15. The van der Waals surface area contributed by atoms with Crippen LogP contribution in [0.1, 0.15) is 59.2 Å². The second kappa shape index (κ2) is 5.61. The molecule has 0 spiro atoms. The van der Waals surface area contributed by atoms with Gasteiger partial charge >= 0.3 is 0 Å². The number of hydrogen-bond acceptors (Lipinski definition) is 3. The van der Waals surface area contributed by atoms with Crippen molar-refractivity contribution in [3.05, 3.63) is 12.2 Å². The number of H-pyrrole nitrogens is 1. The van der Waals surface area contributed by atoms with Gasteiger partial charge in [-0.05, 0) is 43.1 Å². The van der Waals surface area contributed by atoms with Crippen molar-refractivity contribution in [1.82, 2.24) is 20.5 Å². The monoisotopic (exact) mass is 264 g/mol. The van der Waals surface area contributed by atoms with Gasteiger partial charge in [-0.1, -0.05) is 27.7 Å². The third kappa shape index (κ3) is 4.60. The second-order valence-corrected chi connectivity index (χ2v) is 7.60. The topological polar surface area (TPSA) is 53.6 Å². The molecule has 0 bridgehead atoms. The van der Waals surface area contributed by atoms with E-state index >= 15 is 0 Å². The summed E-state index contributed by atoms with van der Waals surface area (Å²) in [6, 6.07) is 0.661. The Morgan fingerprint density at radius 2 is 1.95 bits per heavy atom. The number of rotatable bonds is 5. The summed E-state index contributed by atoms with van der Waals surface area (Å²) >= 11 is 0. The molecule has 1 aliphatic carbocycles. The lowest BCUT2D eigenvalue weighted by molar-refractivity contribution is 0.0851. The van der Waals surface area contributed by atoms with Crippen LogP contribution in [0.5, 0.6) is 0 Å². The fourth-order valence-electron chi connectivity index (χ4n) is 3.90. The molecule has 2 rings (SSSR count). The van der Waals surface area contributed by atoms with E-state index in [0.717, 1.165) is 25.2 Å². The molecule has 0 aromatic carbocycles. The van der Waals surface area contributed by atoms with Gasteiger partial charge in [-0.3, -0.25) is 5.10 Å². The number of aryl methyl sites for hydroxylation is 1. The molecule has 1 saturated carbocycles. The van der Waals surface area contributed by atoms with Gasteiger partial charge in [0, 0.05) is 12.5 Å². The molecule has 1 aromatic heterocycles. The van der Waals surface area contributed by atoms with Crippen LogP contribution in [0.3, 0.4) is 0 Å². The van der Waals surface area contributed by atoms with Gasteiger partial charge in [0.05, 0.1) is 0 Å². The number of nitrogens with zero attached hydrogens (tertiary/aromatic N) is 2. The van der Waals surface area contributed by atoms with Gasteiger partial charge in [0.15, 0.2) is 0 Å². The maximum Gasteiger partial charge on any atom is 0.137 e. The van der Waals surface area contributed by atoms with Crippen molar-refractivity contribution < 1.29 is 0 Å². The normalized spacial score (nSPS) is 22.5.